The molecule has 4 rings (SSSR count). The normalized spacial score (nSPS) is 13.9. The fourth-order valence-electron chi connectivity index (χ4n) is 4.42. The molecule has 0 aromatic heterocycles. The molecule has 1 saturated heterocycles. The van der Waals surface area contributed by atoms with Gasteiger partial charge in [0.25, 0.3) is 5.91 Å². The van der Waals surface area contributed by atoms with Crippen molar-refractivity contribution in [3.8, 4) is 11.1 Å². The number of hydrogen-bond acceptors (Lipinski definition) is 5. The lowest BCUT2D eigenvalue weighted by Crippen LogP contribution is -2.49. The summed E-state index contributed by atoms with van der Waals surface area (Å²) in [6.45, 7) is 3.95. The van der Waals surface area contributed by atoms with Crippen LogP contribution in [0.15, 0.2) is 71.6 Å². The molecule has 1 fully saturated rings. The summed E-state index contributed by atoms with van der Waals surface area (Å²) in [6.07, 6.45) is 1.54. The van der Waals surface area contributed by atoms with Gasteiger partial charge in [-0.1, -0.05) is 25.1 Å². The lowest BCUT2D eigenvalue weighted by Gasteiger charge is -2.36. The van der Waals surface area contributed by atoms with E-state index in [2.05, 4.69) is 4.90 Å². The van der Waals surface area contributed by atoms with Gasteiger partial charge in [-0.25, -0.2) is 12.8 Å². The topological polar surface area (TPSA) is 78.0 Å². The molecule has 2 amide bonds. The second-order valence-electron chi connectivity index (χ2n) is 9.09. The Morgan fingerprint density at radius 2 is 1.54 bits per heavy atom. The molecule has 0 N–H and O–H groups in total. The number of nitrogens with zero attached hydrogens (tertiary/aromatic N) is 3. The second kappa shape index (κ2) is 10.7. The van der Waals surface area contributed by atoms with Crippen LogP contribution in [0.25, 0.3) is 11.1 Å². The summed E-state index contributed by atoms with van der Waals surface area (Å²) in [5, 5.41) is 0. The molecule has 3 aromatic rings. The molecule has 9 heteroatoms. The number of amides is 2. The molecule has 0 aliphatic carbocycles. The van der Waals surface area contributed by atoms with Crippen molar-refractivity contribution < 1.29 is 22.4 Å². The van der Waals surface area contributed by atoms with Gasteiger partial charge < -0.3 is 14.7 Å². The van der Waals surface area contributed by atoms with E-state index in [1.165, 1.54) is 24.3 Å². The van der Waals surface area contributed by atoms with Crippen molar-refractivity contribution in [2.24, 2.45) is 0 Å². The highest BCUT2D eigenvalue weighted by atomic mass is 32.2. The van der Waals surface area contributed by atoms with Gasteiger partial charge in [-0.15, -0.1) is 0 Å². The monoisotopic (exact) mass is 523 g/mol. The van der Waals surface area contributed by atoms with Crippen molar-refractivity contribution in [2.75, 3.05) is 49.3 Å². The molecule has 0 spiro atoms. The maximum Gasteiger partial charge on any atom is 0.254 e. The molecule has 0 atom stereocenters. The van der Waals surface area contributed by atoms with E-state index in [1.807, 2.05) is 31.2 Å². The molecule has 1 aliphatic rings. The van der Waals surface area contributed by atoms with Crippen molar-refractivity contribution in [3.63, 3.8) is 0 Å². The summed E-state index contributed by atoms with van der Waals surface area (Å²) < 4.78 is 37.9. The average Bonchev–Trinajstić information content (AvgIpc) is 2.91. The minimum absolute atomic E-state index is 0.0415. The minimum Gasteiger partial charge on any atom is -0.368 e. The molecule has 37 heavy (non-hydrogen) atoms. The van der Waals surface area contributed by atoms with Crippen LogP contribution in [0.2, 0.25) is 0 Å². The number of carbonyl (C=O) groups excluding carboxylic acids is 2. The zero-order chi connectivity index (χ0) is 26.7. The number of rotatable bonds is 6. The molecule has 0 radical (unpaired) electrons. The summed E-state index contributed by atoms with van der Waals surface area (Å²) in [5.74, 6) is -0.614. The molecular weight excluding hydrogens is 493 g/mol. The number of benzene rings is 3. The fraction of sp³-hybridized carbons (Fsp3) is 0.286. The number of hydrogen-bond donors (Lipinski definition) is 0. The second-order valence-corrected chi connectivity index (χ2v) is 11.1. The Kier molecular flexibility index (Phi) is 7.63. The first-order chi connectivity index (χ1) is 17.6. The fourth-order valence-corrected chi connectivity index (χ4v) is 5.07. The molecular formula is C28H30FN3O4S. The van der Waals surface area contributed by atoms with Gasteiger partial charge in [-0.2, -0.15) is 0 Å². The smallest absolute Gasteiger partial charge is 0.254 e. The predicted molar refractivity (Wildman–Crippen MR) is 143 cm³/mol. The molecule has 3 aromatic carbocycles. The number of halogens is 1. The Labute approximate surface area is 217 Å². The molecule has 1 heterocycles. The number of piperazine rings is 1. The number of carbonyl (C=O) groups is 2. The predicted octanol–water partition coefficient (Wildman–Crippen LogP) is 4.23. The van der Waals surface area contributed by atoms with E-state index in [0.29, 0.717) is 43.7 Å². The van der Waals surface area contributed by atoms with Gasteiger partial charge in [0.1, 0.15) is 5.82 Å². The van der Waals surface area contributed by atoms with Crippen molar-refractivity contribution in [3.05, 3.63) is 78.1 Å². The zero-order valence-electron chi connectivity index (χ0n) is 21.1. The summed E-state index contributed by atoms with van der Waals surface area (Å²) in [5.41, 5.74) is 3.29. The van der Waals surface area contributed by atoms with Gasteiger partial charge >= 0.3 is 0 Å². The van der Waals surface area contributed by atoms with Gasteiger partial charge in [0, 0.05) is 62.8 Å². The lowest BCUT2D eigenvalue weighted by atomic mass is 9.98. The molecule has 0 bridgehead atoms. The van der Waals surface area contributed by atoms with Crippen LogP contribution in [0, 0.1) is 5.82 Å². The maximum atomic E-state index is 13.6. The van der Waals surface area contributed by atoms with Crippen LogP contribution in [-0.4, -0.2) is 64.6 Å². The van der Waals surface area contributed by atoms with Crippen LogP contribution in [-0.2, 0) is 14.6 Å². The quantitative estimate of drug-likeness (QED) is 0.483. The average molecular weight is 524 g/mol. The zero-order valence-corrected chi connectivity index (χ0v) is 22.0. The molecule has 1 aliphatic heterocycles. The Morgan fingerprint density at radius 1 is 0.919 bits per heavy atom. The van der Waals surface area contributed by atoms with Crippen LogP contribution >= 0.6 is 0 Å². The van der Waals surface area contributed by atoms with Crippen LogP contribution < -0.4 is 9.80 Å². The van der Waals surface area contributed by atoms with Crippen molar-refractivity contribution in [2.45, 2.75) is 18.2 Å². The lowest BCUT2D eigenvalue weighted by molar-refractivity contribution is -0.118. The van der Waals surface area contributed by atoms with Gasteiger partial charge in [-0.05, 0) is 59.7 Å². The maximum absolute atomic E-state index is 13.6. The standard InChI is InChI=1S/C28H30FN3O4S/c1-4-27(33)30(2)22-9-11-23(12-10-22)31-15-17-32(18-16-31)28(34)26-19-24(37(3,35)36)13-14-25(26)20-5-7-21(29)8-6-20/h5-14,19H,4,15-18H2,1-3H3. The van der Waals surface area contributed by atoms with Crippen molar-refractivity contribution in [1.82, 2.24) is 4.90 Å². The van der Waals surface area contributed by atoms with Crippen molar-refractivity contribution >= 4 is 33.0 Å². The Bertz CT molecular complexity index is 1400. The Hall–Kier alpha value is -3.72. The number of anilines is 2. The third kappa shape index (κ3) is 5.83. The Balaban J connectivity index is 1.53. The first-order valence-corrected chi connectivity index (χ1v) is 14.0. The van der Waals surface area contributed by atoms with Crippen molar-refractivity contribution in [1.29, 1.82) is 0 Å². The molecule has 194 valence electrons. The summed E-state index contributed by atoms with van der Waals surface area (Å²) in [4.78, 5) is 31.1. The van der Waals surface area contributed by atoms with Gasteiger partial charge in [-0.3, -0.25) is 9.59 Å². The SMILES string of the molecule is CCC(=O)N(C)c1ccc(N2CCN(C(=O)c3cc(S(C)(=O)=O)ccc3-c3ccc(F)cc3)CC2)cc1. The summed E-state index contributed by atoms with van der Waals surface area (Å²) in [6, 6.07) is 18.0. The summed E-state index contributed by atoms with van der Waals surface area (Å²) >= 11 is 0. The van der Waals surface area contributed by atoms with E-state index in [4.69, 9.17) is 0 Å². The van der Waals surface area contributed by atoms with E-state index in [9.17, 15) is 22.4 Å². The highest BCUT2D eigenvalue weighted by molar-refractivity contribution is 7.90. The van der Waals surface area contributed by atoms with Crippen LogP contribution in [0.1, 0.15) is 23.7 Å². The van der Waals surface area contributed by atoms with Gasteiger partial charge in [0.05, 0.1) is 4.90 Å². The van der Waals surface area contributed by atoms with Crippen LogP contribution in [0.5, 0.6) is 0 Å². The largest absolute Gasteiger partial charge is 0.368 e. The van der Waals surface area contributed by atoms with E-state index in [1.54, 1.807) is 35.0 Å². The molecule has 0 saturated carbocycles. The minimum atomic E-state index is -3.52. The van der Waals surface area contributed by atoms with E-state index < -0.39 is 15.7 Å². The van der Waals surface area contributed by atoms with Gasteiger partial charge in [0.2, 0.25) is 5.91 Å². The third-order valence-corrected chi connectivity index (χ3v) is 7.76. The third-order valence-electron chi connectivity index (χ3n) is 6.65. The molecule has 7 nitrogen and oxygen atoms in total. The van der Waals surface area contributed by atoms with E-state index in [0.717, 1.165) is 17.6 Å². The number of sulfone groups is 1. The van der Waals surface area contributed by atoms with Crippen LogP contribution in [0.3, 0.4) is 0 Å². The highest BCUT2D eigenvalue weighted by Gasteiger charge is 2.26. The highest BCUT2D eigenvalue weighted by Crippen LogP contribution is 2.29. The molecule has 0 unspecified atom stereocenters. The first-order valence-electron chi connectivity index (χ1n) is 12.1. The first kappa shape index (κ1) is 26.3. The van der Waals surface area contributed by atoms with Gasteiger partial charge in [0.15, 0.2) is 9.84 Å². The van der Waals surface area contributed by atoms with E-state index in [-0.39, 0.29) is 22.3 Å². The van der Waals surface area contributed by atoms with E-state index >= 15 is 0 Å². The summed E-state index contributed by atoms with van der Waals surface area (Å²) in [7, 11) is -1.77. The van der Waals surface area contributed by atoms with Crippen LogP contribution in [0.4, 0.5) is 15.8 Å². The Morgan fingerprint density at radius 3 is 2.11 bits per heavy atom.